The van der Waals surface area contributed by atoms with Gasteiger partial charge in [-0.2, -0.15) is 0 Å². The van der Waals surface area contributed by atoms with Gasteiger partial charge in [0.25, 0.3) is 0 Å². The molecule has 0 aliphatic heterocycles. The van der Waals surface area contributed by atoms with Gasteiger partial charge in [-0.1, -0.05) is 29.8 Å². The Morgan fingerprint density at radius 2 is 2.17 bits per heavy atom. The lowest BCUT2D eigenvalue weighted by atomic mass is 10.2. The average molecular weight is 266 g/mol. The monoisotopic (exact) mass is 264 g/mol. The van der Waals surface area contributed by atoms with Gasteiger partial charge in [0, 0.05) is 10.4 Å². The van der Waals surface area contributed by atoms with Gasteiger partial charge in [0.15, 0.2) is 0 Å². The van der Waals surface area contributed by atoms with Crippen LogP contribution in [0.15, 0.2) is 28.7 Å². The maximum Gasteiger partial charge on any atom is 0.0548 e. The molecule has 64 valence electrons. The molecule has 1 aromatic carbocycles. The first-order chi connectivity index (χ1) is 5.74. The summed E-state index contributed by atoms with van der Waals surface area (Å²) in [4.78, 5) is 0. The van der Waals surface area contributed by atoms with Crippen LogP contribution in [0.2, 0.25) is 5.02 Å². The molecule has 0 aromatic heterocycles. The van der Waals surface area contributed by atoms with Crippen LogP contribution in [0.25, 0.3) is 6.08 Å². The highest BCUT2D eigenvalue weighted by molar-refractivity contribution is 9.10. The summed E-state index contributed by atoms with van der Waals surface area (Å²) in [5.41, 5.74) is 1.09. The van der Waals surface area contributed by atoms with E-state index in [2.05, 4.69) is 15.9 Å². The van der Waals surface area contributed by atoms with Gasteiger partial charge in [0.05, 0.1) is 5.02 Å². The Kier molecular flexibility index (Phi) is 4.13. The Morgan fingerprint density at radius 1 is 1.42 bits per heavy atom. The summed E-state index contributed by atoms with van der Waals surface area (Å²) in [6.07, 6.45) is 3.84. The van der Waals surface area contributed by atoms with Crippen LogP contribution < -0.4 is 0 Å². The molecule has 0 bridgehead atoms. The molecule has 3 heteroatoms. The molecular weight excluding hydrogens is 259 g/mol. The molecule has 0 radical (unpaired) electrons. The van der Waals surface area contributed by atoms with Crippen molar-refractivity contribution in [2.45, 2.75) is 0 Å². The molecule has 0 aliphatic rings. The summed E-state index contributed by atoms with van der Waals surface area (Å²) in [5, 5.41) is 0.720. The Labute approximate surface area is 90.3 Å². The second-order valence-electron chi connectivity index (χ2n) is 2.23. The number of allylic oxidation sites excluding steroid dienone is 1. The van der Waals surface area contributed by atoms with E-state index >= 15 is 0 Å². The van der Waals surface area contributed by atoms with Crippen molar-refractivity contribution in [3.63, 3.8) is 0 Å². The van der Waals surface area contributed by atoms with Crippen LogP contribution in [-0.4, -0.2) is 5.88 Å². The smallest absolute Gasteiger partial charge is 0.0548 e. The van der Waals surface area contributed by atoms with E-state index in [9.17, 15) is 0 Å². The standard InChI is InChI=1S/C9H7BrCl2/c10-8-6-7(2-1-5-11)3-4-9(8)12/h1-4,6H,5H2/b2-1+. The fraction of sp³-hybridized carbons (Fsp3) is 0.111. The Balaban J connectivity index is 2.89. The molecule has 0 N–H and O–H groups in total. The summed E-state index contributed by atoms with van der Waals surface area (Å²) in [6.45, 7) is 0. The molecule has 0 saturated heterocycles. The van der Waals surface area contributed by atoms with E-state index in [1.165, 1.54) is 0 Å². The van der Waals surface area contributed by atoms with Gasteiger partial charge in [-0.05, 0) is 33.6 Å². The third kappa shape index (κ3) is 2.81. The number of hydrogen-bond donors (Lipinski definition) is 0. The topological polar surface area (TPSA) is 0 Å². The molecule has 1 rings (SSSR count). The SMILES string of the molecule is ClC/C=C/c1ccc(Cl)c(Br)c1. The summed E-state index contributed by atoms with van der Waals surface area (Å²) in [6, 6.07) is 5.74. The molecule has 0 fully saturated rings. The molecule has 0 saturated carbocycles. The van der Waals surface area contributed by atoms with Crippen LogP contribution in [0, 0.1) is 0 Å². The van der Waals surface area contributed by atoms with Gasteiger partial charge in [0.2, 0.25) is 0 Å². The minimum Gasteiger partial charge on any atom is -0.122 e. The number of alkyl halides is 1. The van der Waals surface area contributed by atoms with E-state index in [1.807, 2.05) is 30.4 Å². The van der Waals surface area contributed by atoms with Gasteiger partial charge in [-0.25, -0.2) is 0 Å². The molecule has 1 aromatic rings. The van der Waals surface area contributed by atoms with E-state index in [-0.39, 0.29) is 0 Å². The van der Waals surface area contributed by atoms with Crippen molar-refractivity contribution in [3.8, 4) is 0 Å². The Morgan fingerprint density at radius 3 is 2.75 bits per heavy atom. The maximum absolute atomic E-state index is 5.82. The first-order valence-corrected chi connectivity index (χ1v) is 5.12. The van der Waals surface area contributed by atoms with Crippen molar-refractivity contribution in [2.75, 3.05) is 5.88 Å². The van der Waals surface area contributed by atoms with Crippen molar-refractivity contribution < 1.29 is 0 Å². The lowest BCUT2D eigenvalue weighted by Gasteiger charge is -1.96. The highest BCUT2D eigenvalue weighted by Gasteiger charge is 1.95. The van der Waals surface area contributed by atoms with Crippen molar-refractivity contribution in [1.82, 2.24) is 0 Å². The number of rotatable bonds is 2. The van der Waals surface area contributed by atoms with E-state index in [0.717, 1.165) is 15.1 Å². The molecule has 0 atom stereocenters. The van der Waals surface area contributed by atoms with Crippen molar-refractivity contribution in [1.29, 1.82) is 0 Å². The average Bonchev–Trinajstić information content (AvgIpc) is 2.07. The lowest BCUT2D eigenvalue weighted by molar-refractivity contribution is 1.60. The van der Waals surface area contributed by atoms with Crippen molar-refractivity contribution in [3.05, 3.63) is 39.3 Å². The number of halogens is 3. The van der Waals surface area contributed by atoms with Gasteiger partial charge in [-0.15, -0.1) is 11.6 Å². The number of hydrogen-bond acceptors (Lipinski definition) is 0. The van der Waals surface area contributed by atoms with Crippen molar-refractivity contribution >= 4 is 45.2 Å². The zero-order valence-electron chi connectivity index (χ0n) is 6.23. The fourth-order valence-corrected chi connectivity index (χ4v) is 1.40. The molecule has 0 heterocycles. The maximum atomic E-state index is 5.82. The van der Waals surface area contributed by atoms with Gasteiger partial charge >= 0.3 is 0 Å². The minimum absolute atomic E-state index is 0.528. The molecule has 0 aliphatic carbocycles. The predicted octanol–water partition coefficient (Wildman–Crippen LogP) is 4.35. The predicted molar refractivity (Wildman–Crippen MR) is 58.9 cm³/mol. The highest BCUT2D eigenvalue weighted by Crippen LogP contribution is 2.23. The highest BCUT2D eigenvalue weighted by atomic mass is 79.9. The molecule has 0 unspecified atom stereocenters. The van der Waals surface area contributed by atoms with E-state index < -0.39 is 0 Å². The van der Waals surface area contributed by atoms with Crippen LogP contribution >= 0.6 is 39.1 Å². The third-order valence-electron chi connectivity index (χ3n) is 1.34. The van der Waals surface area contributed by atoms with Gasteiger partial charge in [-0.3, -0.25) is 0 Å². The summed E-state index contributed by atoms with van der Waals surface area (Å²) in [5.74, 6) is 0.528. The van der Waals surface area contributed by atoms with Crippen LogP contribution in [0.4, 0.5) is 0 Å². The molecule has 0 nitrogen and oxygen atoms in total. The zero-order valence-corrected chi connectivity index (χ0v) is 9.33. The van der Waals surface area contributed by atoms with Gasteiger partial charge in [0.1, 0.15) is 0 Å². The Hall–Kier alpha value is 0.0200. The Bertz CT molecular complexity index is 295. The molecular formula is C9H7BrCl2. The minimum atomic E-state index is 0.528. The summed E-state index contributed by atoms with van der Waals surface area (Å²) in [7, 11) is 0. The summed E-state index contributed by atoms with van der Waals surface area (Å²) >= 11 is 14.7. The molecule has 0 amide bonds. The second kappa shape index (κ2) is 4.90. The first kappa shape index (κ1) is 10.1. The van der Waals surface area contributed by atoms with Crippen LogP contribution in [0.1, 0.15) is 5.56 Å². The normalized spacial score (nSPS) is 10.9. The number of benzene rings is 1. The molecule has 0 spiro atoms. The van der Waals surface area contributed by atoms with Gasteiger partial charge < -0.3 is 0 Å². The van der Waals surface area contributed by atoms with Crippen LogP contribution in [-0.2, 0) is 0 Å². The van der Waals surface area contributed by atoms with E-state index in [1.54, 1.807) is 0 Å². The largest absolute Gasteiger partial charge is 0.122 e. The van der Waals surface area contributed by atoms with E-state index in [0.29, 0.717) is 5.88 Å². The third-order valence-corrected chi connectivity index (χ3v) is 2.74. The lowest BCUT2D eigenvalue weighted by Crippen LogP contribution is -1.73. The van der Waals surface area contributed by atoms with E-state index in [4.69, 9.17) is 23.2 Å². The van der Waals surface area contributed by atoms with Crippen molar-refractivity contribution in [2.24, 2.45) is 0 Å². The van der Waals surface area contributed by atoms with Crippen LogP contribution in [0.5, 0.6) is 0 Å². The van der Waals surface area contributed by atoms with Crippen LogP contribution in [0.3, 0.4) is 0 Å². The quantitative estimate of drug-likeness (QED) is 0.698. The molecule has 12 heavy (non-hydrogen) atoms. The zero-order chi connectivity index (χ0) is 8.97. The summed E-state index contributed by atoms with van der Waals surface area (Å²) < 4.78 is 0.904. The first-order valence-electron chi connectivity index (χ1n) is 3.41. The fourth-order valence-electron chi connectivity index (χ4n) is 0.797. The second-order valence-corrected chi connectivity index (χ2v) is 3.80.